The van der Waals surface area contributed by atoms with Crippen molar-refractivity contribution in [2.45, 2.75) is 18.4 Å². The van der Waals surface area contributed by atoms with Crippen LogP contribution < -0.4 is 17.0 Å². The minimum absolute atomic E-state index is 0.0671. The van der Waals surface area contributed by atoms with Crippen LogP contribution in [0, 0.1) is 5.92 Å². The van der Waals surface area contributed by atoms with E-state index in [4.69, 9.17) is 23.2 Å². The van der Waals surface area contributed by atoms with Gasteiger partial charge < -0.3 is 5.73 Å². The summed E-state index contributed by atoms with van der Waals surface area (Å²) in [4.78, 5) is 0. The van der Waals surface area contributed by atoms with E-state index in [0.29, 0.717) is 22.5 Å². The van der Waals surface area contributed by atoms with Crippen molar-refractivity contribution >= 4 is 17.3 Å². The number of benzene rings is 2. The predicted molar refractivity (Wildman–Crippen MR) is 83.2 cm³/mol. The summed E-state index contributed by atoms with van der Waals surface area (Å²) in [7, 11) is 0. The van der Waals surface area contributed by atoms with Crippen LogP contribution in [0.1, 0.15) is 29.5 Å². The Balaban J connectivity index is 1.82. The first-order valence-electron chi connectivity index (χ1n) is 6.76. The summed E-state index contributed by atoms with van der Waals surface area (Å²) in [5, 5.41) is 0.650. The molecule has 3 nitrogen and oxygen atoms in total. The molecule has 3 atom stereocenters. The monoisotopic (exact) mass is 287 g/mol. The van der Waals surface area contributed by atoms with Crippen LogP contribution in [0.4, 0.5) is 5.69 Å². The van der Waals surface area contributed by atoms with Gasteiger partial charge in [0.1, 0.15) is 0 Å². The molecule has 5 N–H and O–H groups in total. The summed E-state index contributed by atoms with van der Waals surface area (Å²) in [6.07, 6.45) is 1.13. The molecule has 4 heteroatoms. The normalized spacial score (nSPS) is 22.5. The third-order valence-electron chi connectivity index (χ3n) is 4.06. The number of hydrogen-bond acceptors (Lipinski definition) is 3. The van der Waals surface area contributed by atoms with E-state index >= 15 is 0 Å². The molecule has 0 amide bonds. The Hall–Kier alpha value is -1.55. The third-order valence-corrected chi connectivity index (χ3v) is 4.29. The average Bonchev–Trinajstić information content (AvgIpc) is 3.23. The van der Waals surface area contributed by atoms with Gasteiger partial charge in [-0.05, 0) is 41.5 Å². The van der Waals surface area contributed by atoms with Crippen LogP contribution in [0.2, 0.25) is 5.02 Å². The van der Waals surface area contributed by atoms with E-state index in [1.54, 1.807) is 6.07 Å². The van der Waals surface area contributed by atoms with Crippen LogP contribution in [0.25, 0.3) is 0 Å². The van der Waals surface area contributed by atoms with Gasteiger partial charge in [0.05, 0.1) is 6.04 Å². The van der Waals surface area contributed by atoms with E-state index in [1.165, 1.54) is 5.56 Å². The second-order valence-electron chi connectivity index (χ2n) is 5.33. The van der Waals surface area contributed by atoms with Gasteiger partial charge in [0.15, 0.2) is 0 Å². The molecule has 1 fully saturated rings. The standard InChI is InChI=1S/C16H18ClN3/c17-11-6-7-12(15(18)8-11)16(20-19)14-9-13(14)10-4-2-1-3-5-10/h1-8,13-14,16,20H,9,18-19H2. The molecule has 2 aromatic rings. The highest BCUT2D eigenvalue weighted by Gasteiger charge is 2.44. The minimum atomic E-state index is 0.0671. The molecule has 0 aliphatic heterocycles. The topological polar surface area (TPSA) is 64.1 Å². The molecule has 20 heavy (non-hydrogen) atoms. The number of nitrogen functional groups attached to an aromatic ring is 1. The van der Waals surface area contributed by atoms with Crippen LogP contribution in [-0.4, -0.2) is 0 Å². The molecule has 0 radical (unpaired) electrons. The summed E-state index contributed by atoms with van der Waals surface area (Å²) in [6, 6.07) is 16.2. The average molecular weight is 288 g/mol. The number of nitrogens with one attached hydrogen (secondary N) is 1. The van der Waals surface area contributed by atoms with E-state index < -0.39 is 0 Å². The Morgan fingerprint density at radius 2 is 1.90 bits per heavy atom. The highest BCUT2D eigenvalue weighted by Crippen LogP contribution is 2.54. The molecule has 0 aromatic heterocycles. The van der Waals surface area contributed by atoms with Crippen molar-refractivity contribution in [3.8, 4) is 0 Å². The maximum absolute atomic E-state index is 6.07. The number of rotatable bonds is 4. The maximum atomic E-state index is 6.07. The van der Waals surface area contributed by atoms with Crippen molar-refractivity contribution in [3.63, 3.8) is 0 Å². The van der Waals surface area contributed by atoms with Crippen molar-refractivity contribution in [1.82, 2.24) is 5.43 Å². The first-order valence-corrected chi connectivity index (χ1v) is 7.14. The van der Waals surface area contributed by atoms with Gasteiger partial charge in [0.2, 0.25) is 0 Å². The molecule has 1 aliphatic carbocycles. The highest BCUT2D eigenvalue weighted by atomic mass is 35.5. The summed E-state index contributed by atoms with van der Waals surface area (Å²) in [5.41, 5.74) is 12.1. The fourth-order valence-electron chi connectivity index (χ4n) is 2.94. The van der Waals surface area contributed by atoms with Gasteiger partial charge in [-0.3, -0.25) is 11.3 Å². The molecule has 3 rings (SSSR count). The molecular weight excluding hydrogens is 270 g/mol. The second-order valence-corrected chi connectivity index (χ2v) is 5.77. The molecule has 104 valence electrons. The molecule has 0 spiro atoms. The molecule has 0 bridgehead atoms. The van der Waals surface area contributed by atoms with E-state index in [1.807, 2.05) is 18.2 Å². The minimum Gasteiger partial charge on any atom is -0.398 e. The molecular formula is C16H18ClN3. The van der Waals surface area contributed by atoms with Gasteiger partial charge in [0, 0.05) is 10.7 Å². The van der Waals surface area contributed by atoms with Crippen LogP contribution in [0.3, 0.4) is 0 Å². The first kappa shape index (κ1) is 13.4. The van der Waals surface area contributed by atoms with Gasteiger partial charge in [-0.1, -0.05) is 48.0 Å². The predicted octanol–water partition coefficient (Wildman–Crippen LogP) is 3.23. The highest BCUT2D eigenvalue weighted by molar-refractivity contribution is 6.30. The van der Waals surface area contributed by atoms with Crippen molar-refractivity contribution in [2.75, 3.05) is 5.73 Å². The molecule has 1 saturated carbocycles. The summed E-state index contributed by atoms with van der Waals surface area (Å²) in [6.45, 7) is 0. The summed E-state index contributed by atoms with van der Waals surface area (Å²) < 4.78 is 0. The second kappa shape index (κ2) is 5.44. The number of halogens is 1. The zero-order valence-electron chi connectivity index (χ0n) is 11.1. The molecule has 2 aromatic carbocycles. The van der Waals surface area contributed by atoms with Crippen LogP contribution in [-0.2, 0) is 0 Å². The Labute approximate surface area is 123 Å². The number of anilines is 1. The Kier molecular flexibility index (Phi) is 3.66. The molecule has 1 aliphatic rings. The van der Waals surface area contributed by atoms with Gasteiger partial charge >= 0.3 is 0 Å². The summed E-state index contributed by atoms with van der Waals surface area (Å²) in [5.74, 6) is 6.78. The van der Waals surface area contributed by atoms with Crippen LogP contribution in [0.15, 0.2) is 48.5 Å². The van der Waals surface area contributed by atoms with Crippen LogP contribution in [0.5, 0.6) is 0 Å². The van der Waals surface area contributed by atoms with Gasteiger partial charge in [-0.2, -0.15) is 0 Å². The Morgan fingerprint density at radius 3 is 2.55 bits per heavy atom. The maximum Gasteiger partial charge on any atom is 0.0514 e. The van der Waals surface area contributed by atoms with Crippen LogP contribution >= 0.6 is 11.6 Å². The van der Waals surface area contributed by atoms with Crippen molar-refractivity contribution in [3.05, 3.63) is 64.7 Å². The Bertz CT molecular complexity index is 600. The van der Waals surface area contributed by atoms with Gasteiger partial charge in [-0.25, -0.2) is 0 Å². The summed E-state index contributed by atoms with van der Waals surface area (Å²) >= 11 is 5.95. The molecule has 3 unspecified atom stereocenters. The van der Waals surface area contributed by atoms with E-state index in [0.717, 1.165) is 12.0 Å². The van der Waals surface area contributed by atoms with Crippen molar-refractivity contribution in [1.29, 1.82) is 0 Å². The SMILES string of the molecule is NNC(c1ccc(Cl)cc1N)C1CC1c1ccccc1. The zero-order chi connectivity index (χ0) is 14.1. The number of hydrazine groups is 1. The lowest BCUT2D eigenvalue weighted by Crippen LogP contribution is -2.30. The number of nitrogens with two attached hydrogens (primary N) is 2. The molecule has 0 saturated heterocycles. The van der Waals surface area contributed by atoms with E-state index in [9.17, 15) is 0 Å². The van der Waals surface area contributed by atoms with Crippen molar-refractivity contribution < 1.29 is 0 Å². The molecule has 0 heterocycles. The number of hydrogen-bond donors (Lipinski definition) is 3. The lowest BCUT2D eigenvalue weighted by Gasteiger charge is -2.18. The fraction of sp³-hybridized carbons (Fsp3) is 0.250. The van der Waals surface area contributed by atoms with Gasteiger partial charge in [-0.15, -0.1) is 0 Å². The quantitative estimate of drug-likeness (QED) is 0.459. The first-order chi connectivity index (χ1) is 9.70. The largest absolute Gasteiger partial charge is 0.398 e. The van der Waals surface area contributed by atoms with E-state index in [2.05, 4.69) is 29.7 Å². The Morgan fingerprint density at radius 1 is 1.15 bits per heavy atom. The zero-order valence-corrected chi connectivity index (χ0v) is 11.8. The smallest absolute Gasteiger partial charge is 0.0514 e. The lowest BCUT2D eigenvalue weighted by molar-refractivity contribution is 0.489. The van der Waals surface area contributed by atoms with E-state index in [-0.39, 0.29) is 6.04 Å². The third kappa shape index (κ3) is 2.52. The lowest BCUT2D eigenvalue weighted by atomic mass is 9.98. The fourth-order valence-corrected chi connectivity index (χ4v) is 3.12. The van der Waals surface area contributed by atoms with Crippen molar-refractivity contribution in [2.24, 2.45) is 11.8 Å². The van der Waals surface area contributed by atoms with Gasteiger partial charge in [0.25, 0.3) is 0 Å².